The van der Waals surface area contributed by atoms with Gasteiger partial charge in [-0.1, -0.05) is 24.4 Å². The number of aromatic nitrogens is 6. The number of ether oxygens (including phenoxy) is 2. The number of nitrogens with one attached hydrogen (secondary N) is 4. The third-order valence-electron chi connectivity index (χ3n) is 7.04. The first-order valence-electron chi connectivity index (χ1n) is 14.4. The Morgan fingerprint density at radius 1 is 1.16 bits per heavy atom. The molecular formula is C30H32ClN9O5. The van der Waals surface area contributed by atoms with E-state index in [1.54, 1.807) is 49.4 Å². The summed E-state index contributed by atoms with van der Waals surface area (Å²) in [6.07, 6.45) is 6.98. The van der Waals surface area contributed by atoms with Gasteiger partial charge in [0.15, 0.2) is 5.69 Å². The number of carbonyl (C=O) groups is 3. The number of esters is 1. The van der Waals surface area contributed by atoms with E-state index in [2.05, 4.69) is 36.5 Å². The summed E-state index contributed by atoms with van der Waals surface area (Å²) in [5.74, 6) is -0.536. The first-order valence-corrected chi connectivity index (χ1v) is 14.8. The molecule has 14 nitrogen and oxygen atoms in total. The van der Waals surface area contributed by atoms with Crippen molar-refractivity contribution in [2.45, 2.75) is 38.6 Å². The van der Waals surface area contributed by atoms with E-state index in [1.807, 2.05) is 0 Å². The van der Waals surface area contributed by atoms with Crippen LogP contribution in [-0.4, -0.2) is 68.4 Å². The Balaban J connectivity index is 1.48. The van der Waals surface area contributed by atoms with Crippen LogP contribution in [0.25, 0.3) is 23.0 Å². The van der Waals surface area contributed by atoms with Crippen molar-refractivity contribution < 1.29 is 23.9 Å². The normalized spacial score (nSPS) is 14.8. The van der Waals surface area contributed by atoms with Crippen molar-refractivity contribution in [2.24, 2.45) is 0 Å². The number of hydrogen-bond donors (Lipinski definition) is 4. The second-order valence-electron chi connectivity index (χ2n) is 10.1. The maximum atomic E-state index is 13.3. The molecule has 5 rings (SSSR count). The maximum Gasteiger partial charge on any atom is 0.411 e. The average molecular weight is 634 g/mol. The number of nitrogens with zero attached hydrogens (tertiary/aromatic N) is 5. The molecule has 234 valence electrons. The van der Waals surface area contributed by atoms with Crippen LogP contribution < -0.4 is 16.0 Å². The molecule has 2 aromatic carbocycles. The molecule has 15 heteroatoms. The first kappa shape index (κ1) is 31.2. The summed E-state index contributed by atoms with van der Waals surface area (Å²) in [7, 11) is 1.29. The zero-order valence-corrected chi connectivity index (χ0v) is 25.4. The van der Waals surface area contributed by atoms with Crippen molar-refractivity contribution in [2.75, 3.05) is 30.9 Å². The fraction of sp³-hybridized carbons (Fsp3) is 0.300. The Bertz CT molecular complexity index is 1700. The van der Waals surface area contributed by atoms with Gasteiger partial charge in [0.05, 0.1) is 25.4 Å². The van der Waals surface area contributed by atoms with Crippen LogP contribution in [-0.2, 0) is 14.3 Å². The molecule has 0 spiro atoms. The Morgan fingerprint density at radius 2 is 2.02 bits per heavy atom. The Hall–Kier alpha value is -5.24. The molecule has 2 bridgehead atoms. The summed E-state index contributed by atoms with van der Waals surface area (Å²) < 4.78 is 11.5. The van der Waals surface area contributed by atoms with Gasteiger partial charge in [0.25, 0.3) is 0 Å². The molecule has 0 aliphatic carbocycles. The van der Waals surface area contributed by atoms with Gasteiger partial charge in [-0.2, -0.15) is 4.68 Å². The highest BCUT2D eigenvalue weighted by Gasteiger charge is 2.26. The van der Waals surface area contributed by atoms with Crippen molar-refractivity contribution in [1.29, 1.82) is 0 Å². The number of hydrogen-bond acceptors (Lipinski definition) is 10. The van der Waals surface area contributed by atoms with Crippen molar-refractivity contribution in [1.82, 2.24) is 35.5 Å². The number of rotatable bonds is 7. The lowest BCUT2D eigenvalue weighted by molar-refractivity contribution is -0.117. The molecule has 45 heavy (non-hydrogen) atoms. The zero-order valence-electron chi connectivity index (χ0n) is 24.7. The molecule has 4 aromatic rings. The molecule has 0 fully saturated rings. The molecule has 3 heterocycles. The lowest BCUT2D eigenvalue weighted by Crippen LogP contribution is -2.28. The van der Waals surface area contributed by atoms with E-state index >= 15 is 0 Å². The lowest BCUT2D eigenvalue weighted by atomic mass is 10.0. The fourth-order valence-electron chi connectivity index (χ4n) is 4.92. The van der Waals surface area contributed by atoms with E-state index in [9.17, 15) is 14.4 Å². The van der Waals surface area contributed by atoms with E-state index < -0.39 is 18.1 Å². The minimum absolute atomic E-state index is 0.155. The second kappa shape index (κ2) is 14.5. The summed E-state index contributed by atoms with van der Waals surface area (Å²) >= 11 is 6.22. The summed E-state index contributed by atoms with van der Waals surface area (Å²) in [4.78, 5) is 46.1. The molecule has 0 saturated heterocycles. The van der Waals surface area contributed by atoms with Crippen LogP contribution in [0, 0.1) is 0 Å². The van der Waals surface area contributed by atoms with Gasteiger partial charge in [0.2, 0.25) is 5.91 Å². The van der Waals surface area contributed by atoms with Crippen molar-refractivity contribution >= 4 is 47.0 Å². The maximum absolute atomic E-state index is 13.3. The number of halogens is 1. The largest absolute Gasteiger partial charge is 0.461 e. The minimum atomic E-state index is -0.605. The molecule has 0 saturated carbocycles. The number of imidazole rings is 1. The Kier molecular flexibility index (Phi) is 10.0. The SMILES string of the molecule is CCOC(=O)c1[nH]c2nc1-c1ccc(NC(=O)OC)cc1NCCCCC[C@@H]2NC(=O)C=Cc1cc(Cl)ccc1-n1cnnn1. The molecule has 2 aromatic heterocycles. The molecule has 1 aliphatic heterocycles. The van der Waals surface area contributed by atoms with Gasteiger partial charge in [-0.15, -0.1) is 5.10 Å². The average Bonchev–Trinajstić information content (AvgIpc) is 3.72. The standard InChI is InChI=1S/C30H32ClN9O5/c1-3-45-29(42)27-26-21-11-10-20(34-30(43)44-2)16-23(21)32-14-6-4-5-7-22(28(36-26)37-27)35-25(41)13-8-18-15-19(31)9-12-24(18)40-17-33-38-39-40/h8-13,15-17,22,32H,3-7,14H2,1-2H3,(H,34,43)(H,35,41)(H,36,37)/t22-/m0/s1. The molecule has 4 N–H and O–H groups in total. The number of fused-ring (bicyclic) bond motifs is 4. The smallest absolute Gasteiger partial charge is 0.411 e. The number of methoxy groups -OCH3 is 1. The van der Waals surface area contributed by atoms with E-state index in [4.69, 9.17) is 26.1 Å². The van der Waals surface area contributed by atoms with Crippen molar-refractivity contribution in [3.8, 4) is 16.9 Å². The van der Waals surface area contributed by atoms with Crippen LogP contribution in [0.1, 0.15) is 60.5 Å². The Labute approximate surface area is 263 Å². The van der Waals surface area contributed by atoms with E-state index in [1.165, 1.54) is 24.2 Å². The third kappa shape index (κ3) is 7.65. The van der Waals surface area contributed by atoms with Crippen LogP contribution >= 0.6 is 11.6 Å². The van der Waals surface area contributed by atoms with Gasteiger partial charge in [0.1, 0.15) is 17.8 Å². The summed E-state index contributed by atoms with van der Waals surface area (Å²) in [5, 5.41) is 20.9. The van der Waals surface area contributed by atoms with Crippen LogP contribution in [0.4, 0.5) is 16.2 Å². The van der Waals surface area contributed by atoms with E-state index in [0.717, 1.165) is 19.3 Å². The molecule has 1 aliphatic rings. The quantitative estimate of drug-likeness (QED) is 0.161. The summed E-state index contributed by atoms with van der Waals surface area (Å²) in [5.41, 5.74) is 3.59. The predicted molar refractivity (Wildman–Crippen MR) is 167 cm³/mol. The van der Waals surface area contributed by atoms with Crippen LogP contribution in [0.2, 0.25) is 5.02 Å². The highest BCUT2D eigenvalue weighted by atomic mass is 35.5. The van der Waals surface area contributed by atoms with Crippen molar-refractivity contribution in [3.05, 3.63) is 70.9 Å². The number of amides is 2. The van der Waals surface area contributed by atoms with Crippen LogP contribution in [0.5, 0.6) is 0 Å². The predicted octanol–water partition coefficient (Wildman–Crippen LogP) is 4.92. The van der Waals surface area contributed by atoms with Gasteiger partial charge in [-0.25, -0.2) is 14.6 Å². The molecule has 1 atom stereocenters. The van der Waals surface area contributed by atoms with E-state index in [0.29, 0.717) is 57.7 Å². The third-order valence-corrected chi connectivity index (χ3v) is 7.27. The van der Waals surface area contributed by atoms with Gasteiger partial charge < -0.3 is 25.1 Å². The molecular weight excluding hydrogens is 602 g/mol. The number of H-pyrrole nitrogens is 1. The second-order valence-corrected chi connectivity index (χ2v) is 10.5. The fourth-order valence-corrected chi connectivity index (χ4v) is 5.10. The minimum Gasteiger partial charge on any atom is -0.461 e. The number of tetrazole rings is 1. The summed E-state index contributed by atoms with van der Waals surface area (Å²) in [6, 6.07) is 9.84. The Morgan fingerprint density at radius 3 is 2.80 bits per heavy atom. The number of aromatic amines is 1. The van der Waals surface area contributed by atoms with Crippen molar-refractivity contribution in [3.63, 3.8) is 0 Å². The lowest BCUT2D eigenvalue weighted by Gasteiger charge is -2.17. The number of benzene rings is 2. The monoisotopic (exact) mass is 633 g/mol. The van der Waals surface area contributed by atoms with Crippen LogP contribution in [0.15, 0.2) is 48.8 Å². The van der Waals surface area contributed by atoms with Gasteiger partial charge >= 0.3 is 12.1 Å². The molecule has 0 unspecified atom stereocenters. The topological polar surface area (TPSA) is 178 Å². The van der Waals surface area contributed by atoms with E-state index in [-0.39, 0.29) is 18.2 Å². The highest BCUT2D eigenvalue weighted by molar-refractivity contribution is 6.30. The highest BCUT2D eigenvalue weighted by Crippen LogP contribution is 2.34. The number of carbonyl (C=O) groups excluding carboxylic acids is 3. The van der Waals surface area contributed by atoms with Gasteiger partial charge in [0, 0.05) is 40.1 Å². The van der Waals surface area contributed by atoms with Gasteiger partial charge in [-0.05, 0) is 72.7 Å². The first-order chi connectivity index (χ1) is 21.9. The summed E-state index contributed by atoms with van der Waals surface area (Å²) in [6.45, 7) is 2.53. The number of anilines is 2. The zero-order chi connectivity index (χ0) is 31.8. The van der Waals surface area contributed by atoms with Gasteiger partial charge in [-0.3, -0.25) is 10.1 Å². The van der Waals surface area contributed by atoms with Crippen LogP contribution in [0.3, 0.4) is 0 Å². The molecule has 0 radical (unpaired) electrons. The molecule has 2 amide bonds.